The van der Waals surface area contributed by atoms with Gasteiger partial charge in [-0.25, -0.2) is 18.1 Å². The van der Waals surface area contributed by atoms with Crippen LogP contribution in [0.4, 0.5) is 0 Å². The van der Waals surface area contributed by atoms with Gasteiger partial charge < -0.3 is 4.57 Å². The third kappa shape index (κ3) is 3.72. The Bertz CT molecular complexity index is 926. The number of halogens is 1. The molecular formula is C16H15BrN4O2S. The smallest absolute Gasteiger partial charge is 0.241 e. The average molecular weight is 407 g/mol. The van der Waals surface area contributed by atoms with Gasteiger partial charge in [-0.15, -0.1) is 0 Å². The second-order valence-electron chi connectivity index (χ2n) is 4.99. The largest absolute Gasteiger partial charge is 0.328 e. The van der Waals surface area contributed by atoms with Gasteiger partial charge in [0.15, 0.2) is 5.82 Å². The van der Waals surface area contributed by atoms with Crippen molar-refractivity contribution in [2.24, 2.45) is 0 Å². The fourth-order valence-corrected chi connectivity index (χ4v) is 4.28. The van der Waals surface area contributed by atoms with Crippen molar-refractivity contribution in [2.45, 2.75) is 11.4 Å². The van der Waals surface area contributed by atoms with Gasteiger partial charge in [-0.2, -0.15) is 0 Å². The van der Waals surface area contributed by atoms with E-state index in [0.29, 0.717) is 16.8 Å². The van der Waals surface area contributed by atoms with E-state index >= 15 is 0 Å². The van der Waals surface area contributed by atoms with E-state index in [1.807, 2.05) is 22.8 Å². The summed E-state index contributed by atoms with van der Waals surface area (Å²) in [7, 11) is -3.57. The van der Waals surface area contributed by atoms with Gasteiger partial charge in [0, 0.05) is 36.2 Å². The van der Waals surface area contributed by atoms with E-state index in [9.17, 15) is 8.42 Å². The molecule has 0 saturated carbocycles. The molecule has 0 aliphatic carbocycles. The number of hydrogen-bond acceptors (Lipinski definition) is 4. The summed E-state index contributed by atoms with van der Waals surface area (Å²) in [6.45, 7) is 0.704. The Morgan fingerprint density at radius 3 is 2.58 bits per heavy atom. The second kappa shape index (κ2) is 7.25. The van der Waals surface area contributed by atoms with Crippen LogP contribution < -0.4 is 4.72 Å². The van der Waals surface area contributed by atoms with Gasteiger partial charge in [-0.3, -0.25) is 4.98 Å². The number of nitrogens with zero attached hydrogens (tertiary/aromatic N) is 3. The zero-order valence-electron chi connectivity index (χ0n) is 12.6. The van der Waals surface area contributed by atoms with Crippen LogP contribution >= 0.6 is 15.9 Å². The predicted molar refractivity (Wildman–Crippen MR) is 94.8 cm³/mol. The molecule has 8 heteroatoms. The maximum absolute atomic E-state index is 12.4. The standard InChI is InChI=1S/C16H15BrN4O2S/c17-13-5-1-2-7-15(13)24(22,23)20-10-12-21-11-9-19-16(21)14-6-3-4-8-18-14/h1-9,11,20H,10,12H2. The van der Waals surface area contributed by atoms with Crippen molar-refractivity contribution in [3.05, 3.63) is 65.5 Å². The molecule has 124 valence electrons. The Kier molecular flexibility index (Phi) is 5.08. The lowest BCUT2D eigenvalue weighted by molar-refractivity contribution is 0.573. The Morgan fingerprint density at radius 1 is 1.04 bits per heavy atom. The lowest BCUT2D eigenvalue weighted by Gasteiger charge is -2.10. The molecule has 0 spiro atoms. The molecule has 0 radical (unpaired) electrons. The summed E-state index contributed by atoms with van der Waals surface area (Å²) in [6.07, 6.45) is 5.17. The summed E-state index contributed by atoms with van der Waals surface area (Å²) in [6, 6.07) is 12.3. The first-order valence-electron chi connectivity index (χ1n) is 7.25. The summed E-state index contributed by atoms with van der Waals surface area (Å²) in [5.74, 6) is 0.704. The molecule has 0 unspecified atom stereocenters. The van der Waals surface area contributed by atoms with Crippen molar-refractivity contribution in [2.75, 3.05) is 6.54 Å². The van der Waals surface area contributed by atoms with Crippen LogP contribution in [0.25, 0.3) is 11.5 Å². The summed E-state index contributed by atoms with van der Waals surface area (Å²) >= 11 is 3.26. The topological polar surface area (TPSA) is 76.9 Å². The molecule has 2 heterocycles. The Morgan fingerprint density at radius 2 is 1.83 bits per heavy atom. The monoisotopic (exact) mass is 406 g/mol. The average Bonchev–Trinajstić information content (AvgIpc) is 3.04. The highest BCUT2D eigenvalue weighted by Crippen LogP contribution is 2.20. The van der Waals surface area contributed by atoms with Gasteiger partial charge in [-0.05, 0) is 40.2 Å². The normalized spacial score (nSPS) is 11.5. The Hall–Kier alpha value is -2.03. The van der Waals surface area contributed by atoms with Crippen LogP contribution in [0.1, 0.15) is 0 Å². The van der Waals surface area contributed by atoms with E-state index in [0.717, 1.165) is 5.69 Å². The summed E-state index contributed by atoms with van der Waals surface area (Å²) in [4.78, 5) is 8.78. The summed E-state index contributed by atoms with van der Waals surface area (Å²) in [5.41, 5.74) is 0.746. The van der Waals surface area contributed by atoms with Crippen molar-refractivity contribution in [1.29, 1.82) is 0 Å². The molecule has 0 atom stereocenters. The molecule has 3 aromatic rings. The van der Waals surface area contributed by atoms with Crippen molar-refractivity contribution >= 4 is 26.0 Å². The molecule has 0 aliphatic heterocycles. The van der Waals surface area contributed by atoms with E-state index < -0.39 is 10.0 Å². The van der Waals surface area contributed by atoms with E-state index in [-0.39, 0.29) is 11.4 Å². The third-order valence-electron chi connectivity index (χ3n) is 3.38. The van der Waals surface area contributed by atoms with Crippen LogP contribution in [0.3, 0.4) is 0 Å². The Labute approximate surface area is 148 Å². The number of rotatable bonds is 6. The number of nitrogens with one attached hydrogen (secondary N) is 1. The van der Waals surface area contributed by atoms with Gasteiger partial charge >= 0.3 is 0 Å². The predicted octanol–water partition coefficient (Wildman–Crippen LogP) is 2.69. The number of imidazole rings is 1. The lowest BCUT2D eigenvalue weighted by Crippen LogP contribution is -2.27. The van der Waals surface area contributed by atoms with Gasteiger partial charge in [-0.1, -0.05) is 18.2 Å². The van der Waals surface area contributed by atoms with E-state index in [1.54, 1.807) is 42.9 Å². The summed E-state index contributed by atoms with van der Waals surface area (Å²) < 4.78 is 29.7. The maximum Gasteiger partial charge on any atom is 0.241 e. The van der Waals surface area contributed by atoms with E-state index in [2.05, 4.69) is 30.6 Å². The molecule has 0 aliphatic rings. The molecule has 0 bridgehead atoms. The molecule has 0 fully saturated rings. The van der Waals surface area contributed by atoms with Gasteiger partial charge in [0.25, 0.3) is 0 Å². The molecule has 0 saturated heterocycles. The van der Waals surface area contributed by atoms with Crippen molar-refractivity contribution in [3.63, 3.8) is 0 Å². The van der Waals surface area contributed by atoms with Gasteiger partial charge in [0.1, 0.15) is 5.69 Å². The minimum atomic E-state index is -3.57. The maximum atomic E-state index is 12.4. The first-order chi connectivity index (χ1) is 11.6. The van der Waals surface area contributed by atoms with Crippen LogP contribution in [0, 0.1) is 0 Å². The Balaban J connectivity index is 1.70. The zero-order valence-corrected chi connectivity index (χ0v) is 15.0. The van der Waals surface area contributed by atoms with Gasteiger partial charge in [0.2, 0.25) is 10.0 Å². The van der Waals surface area contributed by atoms with Crippen LogP contribution in [-0.4, -0.2) is 29.5 Å². The SMILES string of the molecule is O=S(=O)(NCCn1ccnc1-c1ccccn1)c1ccccc1Br. The zero-order chi connectivity index (χ0) is 17.0. The van der Waals surface area contributed by atoms with Crippen molar-refractivity contribution in [1.82, 2.24) is 19.3 Å². The first kappa shape index (κ1) is 16.8. The fraction of sp³-hybridized carbons (Fsp3) is 0.125. The highest BCUT2D eigenvalue weighted by molar-refractivity contribution is 9.10. The molecule has 6 nitrogen and oxygen atoms in total. The number of sulfonamides is 1. The minimum Gasteiger partial charge on any atom is -0.328 e. The molecule has 1 aromatic carbocycles. The van der Waals surface area contributed by atoms with Crippen LogP contribution in [-0.2, 0) is 16.6 Å². The van der Waals surface area contributed by atoms with E-state index in [1.165, 1.54) is 0 Å². The molecule has 3 rings (SSSR count). The molecule has 0 amide bonds. The number of aromatic nitrogens is 3. The number of benzene rings is 1. The highest BCUT2D eigenvalue weighted by atomic mass is 79.9. The molecule has 2 aromatic heterocycles. The van der Waals surface area contributed by atoms with Crippen LogP contribution in [0.2, 0.25) is 0 Å². The van der Waals surface area contributed by atoms with Crippen LogP contribution in [0.5, 0.6) is 0 Å². The summed E-state index contributed by atoms with van der Waals surface area (Å²) in [5, 5.41) is 0. The molecular weight excluding hydrogens is 392 g/mol. The molecule has 1 N–H and O–H groups in total. The second-order valence-corrected chi connectivity index (χ2v) is 7.58. The number of hydrogen-bond donors (Lipinski definition) is 1. The quantitative estimate of drug-likeness (QED) is 0.682. The first-order valence-corrected chi connectivity index (χ1v) is 9.52. The lowest BCUT2D eigenvalue weighted by atomic mass is 10.3. The van der Waals surface area contributed by atoms with E-state index in [4.69, 9.17) is 0 Å². The van der Waals surface area contributed by atoms with Gasteiger partial charge in [0.05, 0.1) is 4.90 Å². The molecule has 24 heavy (non-hydrogen) atoms. The third-order valence-corrected chi connectivity index (χ3v) is 5.85. The highest BCUT2D eigenvalue weighted by Gasteiger charge is 2.16. The minimum absolute atomic E-state index is 0.223. The number of pyridine rings is 1. The van der Waals surface area contributed by atoms with Crippen molar-refractivity contribution in [3.8, 4) is 11.5 Å². The van der Waals surface area contributed by atoms with Crippen molar-refractivity contribution < 1.29 is 8.42 Å². The van der Waals surface area contributed by atoms with Crippen LogP contribution in [0.15, 0.2) is 70.4 Å². The fourth-order valence-electron chi connectivity index (χ4n) is 2.26.